The van der Waals surface area contributed by atoms with Crippen molar-refractivity contribution in [3.63, 3.8) is 0 Å². The molecule has 2 fully saturated rings. The first kappa shape index (κ1) is 10.1. The molecule has 0 aromatic rings. The third kappa shape index (κ3) is 2.55. The van der Waals surface area contributed by atoms with Gasteiger partial charge < -0.3 is 9.47 Å². The van der Waals surface area contributed by atoms with Gasteiger partial charge in [0, 0.05) is 5.92 Å². The molecule has 3 nitrogen and oxygen atoms in total. The van der Waals surface area contributed by atoms with Gasteiger partial charge >= 0.3 is 0 Å². The van der Waals surface area contributed by atoms with Crippen LogP contribution in [0.25, 0.3) is 0 Å². The maximum absolute atomic E-state index is 11.8. The summed E-state index contributed by atoms with van der Waals surface area (Å²) in [5, 5.41) is 0. The highest BCUT2D eigenvalue weighted by molar-refractivity contribution is 5.81. The normalized spacial score (nSPS) is 25.4. The summed E-state index contributed by atoms with van der Waals surface area (Å²) in [7, 11) is 0. The van der Waals surface area contributed by atoms with Crippen LogP contribution in [0.15, 0.2) is 0 Å². The number of carbonyl (C=O) groups excluding carboxylic acids is 1. The van der Waals surface area contributed by atoms with Gasteiger partial charge in [0.2, 0.25) is 0 Å². The van der Waals surface area contributed by atoms with Crippen molar-refractivity contribution in [1.29, 1.82) is 0 Å². The minimum atomic E-state index is -0.246. The number of Topliss-reactive ketones (excluding diaryl/α,β-unsaturated/α-hetero) is 1. The van der Waals surface area contributed by atoms with Gasteiger partial charge in [0.25, 0.3) is 0 Å². The summed E-state index contributed by atoms with van der Waals surface area (Å²) in [5.41, 5.74) is 0. The minimum Gasteiger partial charge on any atom is -0.350 e. The van der Waals surface area contributed by atoms with E-state index in [0.29, 0.717) is 25.4 Å². The first-order chi connectivity index (χ1) is 6.86. The van der Waals surface area contributed by atoms with Gasteiger partial charge in [-0.15, -0.1) is 0 Å². The fourth-order valence-electron chi connectivity index (χ4n) is 2.28. The van der Waals surface area contributed by atoms with Crippen molar-refractivity contribution >= 4 is 5.78 Å². The van der Waals surface area contributed by atoms with E-state index in [9.17, 15) is 4.79 Å². The van der Waals surface area contributed by atoms with E-state index in [4.69, 9.17) is 9.47 Å². The van der Waals surface area contributed by atoms with Crippen LogP contribution in [0, 0.1) is 5.92 Å². The Bertz CT molecular complexity index is 191. The monoisotopic (exact) mass is 198 g/mol. The van der Waals surface area contributed by atoms with Crippen molar-refractivity contribution < 1.29 is 14.3 Å². The third-order valence-electron chi connectivity index (χ3n) is 3.12. The van der Waals surface area contributed by atoms with Crippen LogP contribution in [0.2, 0.25) is 0 Å². The van der Waals surface area contributed by atoms with Gasteiger partial charge in [-0.2, -0.15) is 0 Å². The zero-order valence-corrected chi connectivity index (χ0v) is 8.54. The molecule has 0 aromatic carbocycles. The second kappa shape index (κ2) is 4.89. The zero-order valence-electron chi connectivity index (χ0n) is 8.54. The van der Waals surface area contributed by atoms with E-state index in [1.165, 1.54) is 19.3 Å². The average molecular weight is 198 g/mol. The van der Waals surface area contributed by atoms with Crippen LogP contribution in [0.4, 0.5) is 0 Å². The lowest BCUT2D eigenvalue weighted by atomic mass is 9.85. The predicted molar refractivity (Wildman–Crippen MR) is 51.9 cm³/mol. The summed E-state index contributed by atoms with van der Waals surface area (Å²) in [5.74, 6) is 0.633. The predicted octanol–water partition coefficient (Wildman–Crippen LogP) is 1.90. The highest BCUT2D eigenvalue weighted by Gasteiger charge is 2.26. The first-order valence-corrected chi connectivity index (χ1v) is 5.62. The molecule has 0 atom stereocenters. The fourth-order valence-corrected chi connectivity index (χ4v) is 2.28. The molecule has 0 N–H and O–H groups in total. The van der Waals surface area contributed by atoms with E-state index in [2.05, 4.69) is 0 Å². The summed E-state index contributed by atoms with van der Waals surface area (Å²) < 4.78 is 10.5. The molecular weight excluding hydrogens is 180 g/mol. The Morgan fingerprint density at radius 1 is 1.07 bits per heavy atom. The number of ketones is 1. The lowest BCUT2D eigenvalue weighted by Crippen LogP contribution is -2.23. The highest BCUT2D eigenvalue weighted by Crippen LogP contribution is 2.26. The second-order valence-electron chi connectivity index (χ2n) is 4.18. The van der Waals surface area contributed by atoms with Gasteiger partial charge in [-0.3, -0.25) is 4.79 Å². The molecule has 0 unspecified atom stereocenters. The van der Waals surface area contributed by atoms with E-state index >= 15 is 0 Å². The van der Waals surface area contributed by atoms with E-state index < -0.39 is 0 Å². The molecule has 80 valence electrons. The van der Waals surface area contributed by atoms with Gasteiger partial charge in [0.15, 0.2) is 6.29 Å². The van der Waals surface area contributed by atoms with Crippen molar-refractivity contribution in [2.75, 3.05) is 13.2 Å². The Balaban J connectivity index is 1.75. The van der Waals surface area contributed by atoms with Crippen molar-refractivity contribution in [2.24, 2.45) is 5.92 Å². The van der Waals surface area contributed by atoms with Crippen LogP contribution < -0.4 is 0 Å². The number of rotatable bonds is 3. The molecule has 0 amide bonds. The van der Waals surface area contributed by atoms with Crippen LogP contribution in [-0.2, 0) is 14.3 Å². The summed E-state index contributed by atoms with van der Waals surface area (Å²) in [6.45, 7) is 1.28. The van der Waals surface area contributed by atoms with Crippen LogP contribution in [-0.4, -0.2) is 25.3 Å². The SMILES string of the molecule is O=C(CC1OCCO1)C1CCCCC1. The van der Waals surface area contributed by atoms with Crippen molar-refractivity contribution in [1.82, 2.24) is 0 Å². The molecule has 1 heterocycles. The smallest absolute Gasteiger partial charge is 0.164 e. The second-order valence-corrected chi connectivity index (χ2v) is 4.18. The van der Waals surface area contributed by atoms with Crippen LogP contribution in [0.5, 0.6) is 0 Å². The molecule has 2 rings (SSSR count). The Labute approximate surface area is 84.8 Å². The van der Waals surface area contributed by atoms with E-state index in [1.54, 1.807) is 0 Å². The van der Waals surface area contributed by atoms with Crippen molar-refractivity contribution in [2.45, 2.75) is 44.8 Å². The topological polar surface area (TPSA) is 35.5 Å². The summed E-state index contributed by atoms with van der Waals surface area (Å²) >= 11 is 0. The molecule has 0 spiro atoms. The molecule has 2 aliphatic rings. The van der Waals surface area contributed by atoms with Crippen molar-refractivity contribution in [3.05, 3.63) is 0 Å². The highest BCUT2D eigenvalue weighted by atomic mass is 16.7. The Kier molecular flexibility index (Phi) is 3.54. The molecule has 0 bridgehead atoms. The van der Waals surface area contributed by atoms with Crippen LogP contribution in [0.3, 0.4) is 0 Å². The van der Waals surface area contributed by atoms with E-state index in [-0.39, 0.29) is 12.2 Å². The number of hydrogen-bond donors (Lipinski definition) is 0. The molecule has 1 saturated carbocycles. The summed E-state index contributed by atoms with van der Waals surface area (Å²) in [6.07, 6.45) is 6.08. The lowest BCUT2D eigenvalue weighted by Gasteiger charge is -2.21. The average Bonchev–Trinajstić information content (AvgIpc) is 2.72. The molecular formula is C11H18O3. The van der Waals surface area contributed by atoms with Gasteiger partial charge in [0.05, 0.1) is 19.6 Å². The first-order valence-electron chi connectivity index (χ1n) is 5.62. The molecule has 0 aromatic heterocycles. The largest absolute Gasteiger partial charge is 0.350 e. The van der Waals surface area contributed by atoms with E-state index in [1.807, 2.05) is 0 Å². The van der Waals surface area contributed by atoms with Crippen LogP contribution >= 0.6 is 0 Å². The maximum atomic E-state index is 11.8. The fraction of sp³-hybridized carbons (Fsp3) is 0.909. The molecule has 1 saturated heterocycles. The quantitative estimate of drug-likeness (QED) is 0.694. The Hall–Kier alpha value is -0.410. The number of hydrogen-bond acceptors (Lipinski definition) is 3. The zero-order chi connectivity index (χ0) is 9.80. The standard InChI is InChI=1S/C11H18O3/c12-10(8-11-13-6-7-14-11)9-4-2-1-3-5-9/h9,11H,1-8H2. The van der Waals surface area contributed by atoms with Gasteiger partial charge in [-0.25, -0.2) is 0 Å². The van der Waals surface area contributed by atoms with Crippen molar-refractivity contribution in [3.8, 4) is 0 Å². The molecule has 1 aliphatic carbocycles. The molecule has 0 radical (unpaired) electrons. The summed E-state index contributed by atoms with van der Waals surface area (Å²) in [4.78, 5) is 11.8. The minimum absolute atomic E-state index is 0.246. The van der Waals surface area contributed by atoms with Gasteiger partial charge in [0.1, 0.15) is 5.78 Å². The lowest BCUT2D eigenvalue weighted by molar-refractivity contribution is -0.132. The van der Waals surface area contributed by atoms with E-state index in [0.717, 1.165) is 12.8 Å². The van der Waals surface area contributed by atoms with Crippen LogP contribution in [0.1, 0.15) is 38.5 Å². The number of ether oxygens (including phenoxy) is 2. The molecule has 14 heavy (non-hydrogen) atoms. The van der Waals surface area contributed by atoms with Gasteiger partial charge in [-0.1, -0.05) is 19.3 Å². The molecule has 3 heteroatoms. The third-order valence-corrected chi connectivity index (χ3v) is 3.12. The summed E-state index contributed by atoms with van der Waals surface area (Å²) in [6, 6.07) is 0. The number of carbonyl (C=O) groups is 1. The molecule has 1 aliphatic heterocycles. The Morgan fingerprint density at radius 3 is 2.36 bits per heavy atom. The van der Waals surface area contributed by atoms with Gasteiger partial charge in [-0.05, 0) is 12.8 Å². The maximum Gasteiger partial charge on any atom is 0.164 e. The Morgan fingerprint density at radius 2 is 1.71 bits per heavy atom.